The third kappa shape index (κ3) is 2.55. The highest BCUT2D eigenvalue weighted by Crippen LogP contribution is 2.39. The molecule has 0 N–H and O–H groups in total. The van der Waals surface area contributed by atoms with E-state index in [1.54, 1.807) is 7.11 Å². The fraction of sp³-hybridized carbons (Fsp3) is 0.0625. The molecule has 0 spiro atoms. The zero-order valence-electron chi connectivity index (χ0n) is 10.8. The van der Waals surface area contributed by atoms with Crippen LogP contribution in [-0.4, -0.2) is 12.1 Å². The molecule has 0 unspecified atom stereocenters. The Kier molecular flexibility index (Phi) is 3.72. The fourth-order valence-corrected chi connectivity index (χ4v) is 3.18. The third-order valence-electron chi connectivity index (χ3n) is 2.98. The van der Waals surface area contributed by atoms with Gasteiger partial charge in [-0.3, -0.25) is 0 Å². The average molecular weight is 302 g/mol. The first-order valence-electron chi connectivity index (χ1n) is 6.14. The molecule has 0 fully saturated rings. The van der Waals surface area contributed by atoms with Gasteiger partial charge in [-0.1, -0.05) is 54.1 Å². The number of thiazole rings is 1. The minimum Gasteiger partial charge on any atom is -0.497 e. The van der Waals surface area contributed by atoms with E-state index in [4.69, 9.17) is 16.3 Å². The van der Waals surface area contributed by atoms with Gasteiger partial charge in [0.1, 0.15) is 5.75 Å². The molecule has 100 valence electrons. The molecule has 0 aliphatic heterocycles. The Hall–Kier alpha value is -1.84. The van der Waals surface area contributed by atoms with Gasteiger partial charge >= 0.3 is 0 Å². The molecule has 3 aromatic rings. The van der Waals surface area contributed by atoms with Crippen molar-refractivity contribution in [3.63, 3.8) is 0 Å². The van der Waals surface area contributed by atoms with Gasteiger partial charge in [0.05, 0.1) is 17.7 Å². The third-order valence-corrected chi connectivity index (χ3v) is 4.19. The molecule has 3 rings (SSSR count). The molecular weight excluding hydrogens is 290 g/mol. The van der Waals surface area contributed by atoms with Gasteiger partial charge in [-0.25, -0.2) is 4.98 Å². The maximum Gasteiger partial charge on any atom is 0.184 e. The Morgan fingerprint density at radius 2 is 1.75 bits per heavy atom. The van der Waals surface area contributed by atoms with Crippen LogP contribution in [0.25, 0.3) is 21.7 Å². The lowest BCUT2D eigenvalue weighted by molar-refractivity contribution is 0.415. The van der Waals surface area contributed by atoms with E-state index in [1.807, 2.05) is 42.5 Å². The highest BCUT2D eigenvalue weighted by atomic mass is 35.5. The van der Waals surface area contributed by atoms with Crippen LogP contribution in [0.3, 0.4) is 0 Å². The van der Waals surface area contributed by atoms with Gasteiger partial charge in [-0.2, -0.15) is 0 Å². The number of hydrogen-bond donors (Lipinski definition) is 0. The van der Waals surface area contributed by atoms with Crippen LogP contribution < -0.4 is 4.74 Å². The minimum atomic E-state index is 0.543. The molecule has 0 saturated carbocycles. The van der Waals surface area contributed by atoms with Crippen molar-refractivity contribution in [1.29, 1.82) is 0 Å². The van der Waals surface area contributed by atoms with E-state index in [2.05, 4.69) is 17.1 Å². The van der Waals surface area contributed by atoms with Crippen molar-refractivity contribution in [2.75, 3.05) is 7.11 Å². The summed E-state index contributed by atoms with van der Waals surface area (Å²) < 4.78 is 5.81. The monoisotopic (exact) mass is 301 g/mol. The molecule has 0 radical (unpaired) electrons. The van der Waals surface area contributed by atoms with Crippen LogP contribution in [0.15, 0.2) is 54.6 Å². The number of benzene rings is 2. The van der Waals surface area contributed by atoms with Crippen molar-refractivity contribution in [2.24, 2.45) is 0 Å². The summed E-state index contributed by atoms with van der Waals surface area (Å²) in [6.45, 7) is 0. The maximum absolute atomic E-state index is 6.12. The second-order valence-corrected chi connectivity index (χ2v) is 5.82. The van der Waals surface area contributed by atoms with Crippen LogP contribution in [-0.2, 0) is 0 Å². The molecule has 1 heterocycles. The van der Waals surface area contributed by atoms with Gasteiger partial charge in [0, 0.05) is 5.56 Å². The number of methoxy groups -OCH3 is 1. The van der Waals surface area contributed by atoms with Crippen molar-refractivity contribution >= 4 is 22.9 Å². The predicted molar refractivity (Wildman–Crippen MR) is 84.5 cm³/mol. The lowest BCUT2D eigenvalue weighted by Crippen LogP contribution is -1.85. The molecule has 0 atom stereocenters. The molecule has 0 aliphatic rings. The Bertz CT molecular complexity index is 724. The molecule has 1 aromatic heterocycles. The summed E-state index contributed by atoms with van der Waals surface area (Å²) in [7, 11) is 1.66. The van der Waals surface area contributed by atoms with Gasteiger partial charge in [-0.05, 0) is 17.7 Å². The van der Waals surface area contributed by atoms with Gasteiger partial charge in [0.25, 0.3) is 0 Å². The second kappa shape index (κ2) is 5.65. The Labute approximate surface area is 126 Å². The van der Waals surface area contributed by atoms with Crippen molar-refractivity contribution in [3.8, 4) is 27.4 Å². The molecule has 0 aliphatic carbocycles. The van der Waals surface area contributed by atoms with Crippen LogP contribution in [0, 0.1) is 0 Å². The molecule has 4 heteroatoms. The summed E-state index contributed by atoms with van der Waals surface area (Å²) in [6, 6.07) is 18.0. The number of nitrogens with zero attached hydrogens (tertiary/aromatic N) is 1. The largest absolute Gasteiger partial charge is 0.497 e. The predicted octanol–water partition coefficient (Wildman–Crippen LogP) is 5.14. The highest BCUT2D eigenvalue weighted by molar-refractivity contribution is 7.19. The van der Waals surface area contributed by atoms with Crippen LogP contribution >= 0.6 is 22.9 Å². The fourth-order valence-electron chi connectivity index (χ4n) is 2.05. The van der Waals surface area contributed by atoms with Crippen molar-refractivity contribution in [2.45, 2.75) is 0 Å². The van der Waals surface area contributed by atoms with E-state index in [0.717, 1.165) is 27.4 Å². The van der Waals surface area contributed by atoms with Crippen LogP contribution in [0.5, 0.6) is 5.75 Å². The van der Waals surface area contributed by atoms with E-state index < -0.39 is 0 Å². The number of ether oxygens (including phenoxy) is 1. The number of rotatable bonds is 3. The van der Waals surface area contributed by atoms with Crippen LogP contribution in [0.4, 0.5) is 0 Å². The van der Waals surface area contributed by atoms with Gasteiger partial charge in [0.15, 0.2) is 4.47 Å². The summed E-state index contributed by atoms with van der Waals surface area (Å²) in [5, 5.41) is 0. The summed E-state index contributed by atoms with van der Waals surface area (Å²) in [6.07, 6.45) is 0. The smallest absolute Gasteiger partial charge is 0.184 e. The lowest BCUT2D eigenvalue weighted by atomic mass is 10.1. The Morgan fingerprint density at radius 1 is 1.00 bits per heavy atom. The molecule has 20 heavy (non-hydrogen) atoms. The quantitative estimate of drug-likeness (QED) is 0.668. The normalized spacial score (nSPS) is 10.5. The van der Waals surface area contributed by atoms with E-state index in [-0.39, 0.29) is 0 Å². The first kappa shape index (κ1) is 13.2. The molecule has 0 saturated heterocycles. The highest BCUT2D eigenvalue weighted by Gasteiger charge is 2.14. The van der Waals surface area contributed by atoms with Crippen molar-refractivity contribution in [1.82, 2.24) is 4.98 Å². The molecule has 2 aromatic carbocycles. The van der Waals surface area contributed by atoms with Gasteiger partial charge in [0.2, 0.25) is 0 Å². The van der Waals surface area contributed by atoms with Crippen LogP contribution in [0.2, 0.25) is 4.47 Å². The zero-order chi connectivity index (χ0) is 13.9. The van der Waals surface area contributed by atoms with Gasteiger partial charge < -0.3 is 4.74 Å². The summed E-state index contributed by atoms with van der Waals surface area (Å²) in [5.74, 6) is 0.811. The van der Waals surface area contributed by atoms with E-state index in [9.17, 15) is 0 Å². The molecule has 2 nitrogen and oxygen atoms in total. The first-order valence-corrected chi connectivity index (χ1v) is 7.33. The second-order valence-electron chi connectivity index (χ2n) is 4.24. The average Bonchev–Trinajstić information content (AvgIpc) is 2.90. The standard InChI is InChI=1S/C16H12ClNOS/c1-19-13-9-5-8-12(10-13)14-15(20-16(17)18-14)11-6-3-2-4-7-11/h2-10H,1H3. The molecule has 0 bridgehead atoms. The first-order chi connectivity index (χ1) is 9.78. The Balaban J connectivity index is 2.14. The van der Waals surface area contributed by atoms with Crippen LogP contribution in [0.1, 0.15) is 0 Å². The summed E-state index contributed by atoms with van der Waals surface area (Å²) in [5.41, 5.74) is 3.02. The topological polar surface area (TPSA) is 22.1 Å². The van der Waals surface area contributed by atoms with Gasteiger partial charge in [-0.15, -0.1) is 11.3 Å². The maximum atomic E-state index is 6.12. The van der Waals surface area contributed by atoms with E-state index in [0.29, 0.717) is 4.47 Å². The minimum absolute atomic E-state index is 0.543. The van der Waals surface area contributed by atoms with Crippen molar-refractivity contribution in [3.05, 3.63) is 59.1 Å². The lowest BCUT2D eigenvalue weighted by Gasteiger charge is -2.05. The molecule has 0 amide bonds. The molecular formula is C16H12ClNOS. The SMILES string of the molecule is COc1cccc(-c2nc(Cl)sc2-c2ccccc2)c1. The zero-order valence-corrected chi connectivity index (χ0v) is 12.4. The number of aromatic nitrogens is 1. The number of halogens is 1. The number of hydrogen-bond acceptors (Lipinski definition) is 3. The summed E-state index contributed by atoms with van der Waals surface area (Å²) >= 11 is 7.60. The van der Waals surface area contributed by atoms with E-state index >= 15 is 0 Å². The summed E-state index contributed by atoms with van der Waals surface area (Å²) in [4.78, 5) is 5.53. The van der Waals surface area contributed by atoms with E-state index in [1.165, 1.54) is 11.3 Å². The van der Waals surface area contributed by atoms with Crippen molar-refractivity contribution < 1.29 is 4.74 Å². The Morgan fingerprint density at radius 3 is 2.50 bits per heavy atom.